The molecule has 24 heavy (non-hydrogen) atoms. The summed E-state index contributed by atoms with van der Waals surface area (Å²) in [5.41, 5.74) is 2.00. The number of H-pyrrole nitrogens is 1. The van der Waals surface area contributed by atoms with E-state index >= 15 is 0 Å². The number of carbonyl (C=O) groups excluding carboxylic acids is 1. The largest absolute Gasteiger partial charge is 0.340 e. The van der Waals surface area contributed by atoms with Crippen molar-refractivity contribution in [2.75, 3.05) is 6.54 Å². The Bertz CT molecular complexity index is 790. The van der Waals surface area contributed by atoms with Crippen LogP contribution in [0.1, 0.15) is 37.5 Å². The molecule has 4 rings (SSSR count). The minimum absolute atomic E-state index is 0.0783. The maximum Gasteiger partial charge on any atom is 0.223 e. The molecule has 0 saturated carbocycles. The highest BCUT2D eigenvalue weighted by atomic mass is 16.2. The zero-order chi connectivity index (χ0) is 16.4. The third-order valence-corrected chi connectivity index (χ3v) is 4.63. The zero-order valence-corrected chi connectivity index (χ0v) is 13.6. The standard InChI is InChI=1S/C18H21N5O/c24-17(9-4-11-22-12-5-10-19-22)23-13-3-8-16(23)18-20-14-6-1-2-7-15(14)21-18/h1-2,5-7,10,12,16H,3-4,8-9,11,13H2,(H,20,21)/t16-/m0/s1. The predicted molar refractivity (Wildman–Crippen MR) is 91.2 cm³/mol. The third-order valence-electron chi connectivity index (χ3n) is 4.63. The van der Waals surface area contributed by atoms with Gasteiger partial charge in [-0.2, -0.15) is 5.10 Å². The Morgan fingerprint density at radius 1 is 1.29 bits per heavy atom. The fourth-order valence-electron chi connectivity index (χ4n) is 3.45. The molecule has 1 aromatic carbocycles. The van der Waals surface area contributed by atoms with Gasteiger partial charge in [0.05, 0.1) is 17.1 Å². The van der Waals surface area contributed by atoms with Gasteiger partial charge in [0, 0.05) is 31.9 Å². The molecule has 1 aliphatic heterocycles. The van der Waals surface area contributed by atoms with Gasteiger partial charge in [-0.05, 0) is 37.5 Å². The summed E-state index contributed by atoms with van der Waals surface area (Å²) in [6.45, 7) is 1.60. The smallest absolute Gasteiger partial charge is 0.223 e. The number of rotatable bonds is 5. The van der Waals surface area contributed by atoms with Gasteiger partial charge in [-0.15, -0.1) is 0 Å². The number of imidazole rings is 1. The molecule has 1 amide bonds. The maximum absolute atomic E-state index is 12.6. The van der Waals surface area contributed by atoms with Crippen LogP contribution in [0, 0.1) is 0 Å². The second kappa shape index (κ2) is 6.47. The Morgan fingerprint density at radius 3 is 3.04 bits per heavy atom. The van der Waals surface area contributed by atoms with Gasteiger partial charge in [-0.1, -0.05) is 12.1 Å². The van der Waals surface area contributed by atoms with Crippen molar-refractivity contribution in [2.45, 2.75) is 38.3 Å². The summed E-state index contributed by atoms with van der Waals surface area (Å²) < 4.78 is 1.87. The average Bonchev–Trinajstić information content (AvgIpc) is 3.33. The van der Waals surface area contributed by atoms with Crippen molar-refractivity contribution in [1.82, 2.24) is 24.6 Å². The molecule has 124 valence electrons. The van der Waals surface area contributed by atoms with Crippen molar-refractivity contribution >= 4 is 16.9 Å². The molecule has 1 fully saturated rings. The number of hydrogen-bond acceptors (Lipinski definition) is 3. The zero-order valence-electron chi connectivity index (χ0n) is 13.6. The quantitative estimate of drug-likeness (QED) is 0.785. The van der Waals surface area contributed by atoms with E-state index in [1.807, 2.05) is 46.1 Å². The number of likely N-dealkylation sites (tertiary alicyclic amines) is 1. The van der Waals surface area contributed by atoms with Gasteiger partial charge in [0.15, 0.2) is 0 Å². The Kier molecular flexibility index (Phi) is 4.02. The average molecular weight is 323 g/mol. The first kappa shape index (κ1) is 14.9. The predicted octanol–water partition coefficient (Wildman–Crippen LogP) is 2.90. The molecule has 1 aliphatic rings. The molecule has 6 nitrogen and oxygen atoms in total. The monoisotopic (exact) mass is 323 g/mol. The fraction of sp³-hybridized carbons (Fsp3) is 0.389. The van der Waals surface area contributed by atoms with Crippen molar-refractivity contribution in [3.8, 4) is 0 Å². The summed E-state index contributed by atoms with van der Waals surface area (Å²) in [6.07, 6.45) is 7.06. The van der Waals surface area contributed by atoms with Crippen LogP contribution >= 0.6 is 0 Å². The van der Waals surface area contributed by atoms with Gasteiger partial charge < -0.3 is 9.88 Å². The lowest BCUT2D eigenvalue weighted by Gasteiger charge is -2.23. The lowest BCUT2D eigenvalue weighted by Crippen LogP contribution is -2.31. The highest BCUT2D eigenvalue weighted by molar-refractivity contribution is 5.78. The highest BCUT2D eigenvalue weighted by Crippen LogP contribution is 2.32. The molecule has 1 N–H and O–H groups in total. The first-order chi connectivity index (χ1) is 11.8. The summed E-state index contributed by atoms with van der Waals surface area (Å²) in [7, 11) is 0. The minimum Gasteiger partial charge on any atom is -0.340 e. The van der Waals surface area contributed by atoms with Gasteiger partial charge in [0.25, 0.3) is 0 Å². The Balaban J connectivity index is 1.42. The van der Waals surface area contributed by atoms with Crippen LogP contribution in [0.2, 0.25) is 0 Å². The molecular formula is C18H21N5O. The summed E-state index contributed by atoms with van der Waals surface area (Å²) in [5.74, 6) is 1.12. The molecule has 1 saturated heterocycles. The van der Waals surface area contributed by atoms with E-state index in [0.29, 0.717) is 6.42 Å². The summed E-state index contributed by atoms with van der Waals surface area (Å²) >= 11 is 0. The minimum atomic E-state index is 0.0783. The highest BCUT2D eigenvalue weighted by Gasteiger charge is 2.31. The number of aromatic amines is 1. The Labute approximate surface area is 140 Å². The molecule has 0 bridgehead atoms. The van der Waals surface area contributed by atoms with E-state index in [-0.39, 0.29) is 11.9 Å². The normalized spacial score (nSPS) is 17.7. The van der Waals surface area contributed by atoms with Gasteiger partial charge in [-0.3, -0.25) is 9.48 Å². The summed E-state index contributed by atoms with van der Waals surface area (Å²) in [4.78, 5) is 22.7. The van der Waals surface area contributed by atoms with Crippen LogP contribution in [0.5, 0.6) is 0 Å². The summed E-state index contributed by atoms with van der Waals surface area (Å²) in [5, 5.41) is 4.17. The number of carbonyl (C=O) groups is 1. The van der Waals surface area contributed by atoms with Crippen LogP contribution in [-0.4, -0.2) is 37.1 Å². The lowest BCUT2D eigenvalue weighted by molar-refractivity contribution is -0.132. The van der Waals surface area contributed by atoms with E-state index in [1.54, 1.807) is 6.20 Å². The topological polar surface area (TPSA) is 66.8 Å². The number of benzene rings is 1. The molecule has 0 radical (unpaired) electrons. The number of nitrogens with zero attached hydrogens (tertiary/aromatic N) is 4. The van der Waals surface area contributed by atoms with Crippen molar-refractivity contribution in [3.05, 3.63) is 48.5 Å². The van der Waals surface area contributed by atoms with E-state index in [1.165, 1.54) is 0 Å². The number of nitrogens with one attached hydrogen (secondary N) is 1. The lowest BCUT2D eigenvalue weighted by atomic mass is 10.2. The molecule has 2 aromatic heterocycles. The molecule has 6 heteroatoms. The van der Waals surface area contributed by atoms with Crippen LogP contribution in [0.4, 0.5) is 0 Å². The second-order valence-electron chi connectivity index (χ2n) is 6.26. The van der Waals surface area contributed by atoms with Crippen LogP contribution in [0.25, 0.3) is 11.0 Å². The first-order valence-electron chi connectivity index (χ1n) is 8.53. The number of fused-ring (bicyclic) bond motifs is 1. The van der Waals surface area contributed by atoms with E-state index in [9.17, 15) is 4.79 Å². The maximum atomic E-state index is 12.6. The number of aryl methyl sites for hydroxylation is 1. The number of amides is 1. The number of aromatic nitrogens is 4. The number of para-hydroxylation sites is 2. The first-order valence-corrected chi connectivity index (χ1v) is 8.53. The van der Waals surface area contributed by atoms with Crippen LogP contribution in [-0.2, 0) is 11.3 Å². The van der Waals surface area contributed by atoms with Gasteiger partial charge in [0.1, 0.15) is 5.82 Å². The van der Waals surface area contributed by atoms with Crippen molar-refractivity contribution in [1.29, 1.82) is 0 Å². The van der Waals surface area contributed by atoms with Crippen LogP contribution in [0.15, 0.2) is 42.7 Å². The van der Waals surface area contributed by atoms with Gasteiger partial charge in [0.2, 0.25) is 5.91 Å². The molecule has 3 aromatic rings. The van der Waals surface area contributed by atoms with Crippen molar-refractivity contribution in [3.63, 3.8) is 0 Å². The van der Waals surface area contributed by atoms with E-state index in [0.717, 1.165) is 49.2 Å². The molecule has 3 heterocycles. The Morgan fingerprint density at radius 2 is 2.21 bits per heavy atom. The second-order valence-corrected chi connectivity index (χ2v) is 6.26. The van der Waals surface area contributed by atoms with Crippen molar-refractivity contribution < 1.29 is 4.79 Å². The third kappa shape index (κ3) is 2.91. The van der Waals surface area contributed by atoms with E-state index in [2.05, 4.69) is 15.1 Å². The summed E-state index contributed by atoms with van der Waals surface area (Å²) in [6, 6.07) is 9.99. The fourth-order valence-corrected chi connectivity index (χ4v) is 3.45. The molecule has 0 spiro atoms. The van der Waals surface area contributed by atoms with E-state index in [4.69, 9.17) is 0 Å². The molecule has 0 unspecified atom stereocenters. The van der Waals surface area contributed by atoms with Crippen LogP contribution < -0.4 is 0 Å². The van der Waals surface area contributed by atoms with Gasteiger partial charge >= 0.3 is 0 Å². The Hall–Kier alpha value is -2.63. The molecule has 0 aliphatic carbocycles. The van der Waals surface area contributed by atoms with Gasteiger partial charge in [-0.25, -0.2) is 4.98 Å². The molecule has 1 atom stereocenters. The molecular weight excluding hydrogens is 302 g/mol. The van der Waals surface area contributed by atoms with Crippen LogP contribution in [0.3, 0.4) is 0 Å². The van der Waals surface area contributed by atoms with E-state index < -0.39 is 0 Å². The SMILES string of the molecule is O=C(CCCn1cccn1)N1CCC[C@H]1c1nc2ccccc2[nH]1. The van der Waals surface area contributed by atoms with Crippen molar-refractivity contribution in [2.24, 2.45) is 0 Å². The number of hydrogen-bond donors (Lipinski definition) is 1.